The van der Waals surface area contributed by atoms with E-state index in [9.17, 15) is 19.2 Å². The van der Waals surface area contributed by atoms with Crippen LogP contribution < -0.4 is 33.2 Å². The normalized spacial score (nSPS) is 14.0. The van der Waals surface area contributed by atoms with Crippen LogP contribution in [0.2, 0.25) is 0 Å². The van der Waals surface area contributed by atoms with Crippen molar-refractivity contribution < 1.29 is 24.3 Å². The van der Waals surface area contributed by atoms with Gasteiger partial charge in [0.1, 0.15) is 18.1 Å². The number of carbonyl (C=O) groups excluding carboxylic acids is 3. The monoisotopic (exact) mass is 545 g/mol. The Morgan fingerprint density at radius 2 is 1.61 bits per heavy atom. The third-order valence-electron chi connectivity index (χ3n) is 5.74. The van der Waals surface area contributed by atoms with Gasteiger partial charge in [0, 0.05) is 18.7 Å². The lowest BCUT2D eigenvalue weighted by Gasteiger charge is -2.23. The summed E-state index contributed by atoms with van der Waals surface area (Å²) in [5.41, 5.74) is 17.4. The number of aliphatic imine (C=N–C) groups is 1. The number of rotatable bonds is 14. The molecule has 13 heteroatoms. The number of carboxylic acids is 1. The summed E-state index contributed by atoms with van der Waals surface area (Å²) in [6, 6.07) is 9.14. The zero-order chi connectivity index (χ0) is 28.2. The molecule has 0 heterocycles. The summed E-state index contributed by atoms with van der Waals surface area (Å²) in [7, 11) is 0. The summed E-state index contributed by atoms with van der Waals surface area (Å²) in [6.45, 7) is 1.72. The fourth-order valence-corrected chi connectivity index (χ4v) is 3.85. The summed E-state index contributed by atoms with van der Waals surface area (Å²) in [4.78, 5) is 53.5. The van der Waals surface area contributed by atoms with Crippen molar-refractivity contribution in [1.29, 1.82) is 0 Å². The molecule has 0 bridgehead atoms. The Balaban J connectivity index is 2.15. The minimum absolute atomic E-state index is 0.0580. The van der Waals surface area contributed by atoms with E-state index in [1.54, 1.807) is 0 Å². The SMILES string of the molecule is C[C@@H](NC(=O)[C@H](Cc1ccc2ccccc2c1)NC(=O)[C@H](N)CCCN=C(N)N)C(=O)N[C@H](CS)C(=O)O. The van der Waals surface area contributed by atoms with Crippen LogP contribution in [-0.2, 0) is 25.6 Å². The van der Waals surface area contributed by atoms with Crippen molar-refractivity contribution in [2.45, 2.75) is 50.4 Å². The lowest BCUT2D eigenvalue weighted by Crippen LogP contribution is -2.57. The van der Waals surface area contributed by atoms with E-state index >= 15 is 0 Å². The number of carbonyl (C=O) groups is 4. The average Bonchev–Trinajstić information content (AvgIpc) is 2.88. The Morgan fingerprint density at radius 3 is 2.24 bits per heavy atom. The van der Waals surface area contributed by atoms with Crippen molar-refractivity contribution in [3.63, 3.8) is 0 Å². The number of nitrogens with zero attached hydrogens (tertiary/aromatic N) is 1. The lowest BCUT2D eigenvalue weighted by atomic mass is 10.0. The molecule has 2 aromatic carbocycles. The molecule has 12 nitrogen and oxygen atoms in total. The number of hydrogen-bond donors (Lipinski definition) is 8. The first kappa shape index (κ1) is 30.4. The van der Waals surface area contributed by atoms with Crippen LogP contribution in [0.25, 0.3) is 10.8 Å². The summed E-state index contributed by atoms with van der Waals surface area (Å²) in [5.74, 6) is -3.30. The molecular weight excluding hydrogens is 510 g/mol. The van der Waals surface area contributed by atoms with Crippen molar-refractivity contribution in [2.75, 3.05) is 12.3 Å². The molecule has 0 saturated heterocycles. The molecule has 0 spiro atoms. The van der Waals surface area contributed by atoms with Gasteiger partial charge in [-0.25, -0.2) is 4.79 Å². The fourth-order valence-electron chi connectivity index (χ4n) is 3.60. The molecule has 4 atom stereocenters. The maximum absolute atomic E-state index is 13.2. The van der Waals surface area contributed by atoms with Crippen LogP contribution >= 0.6 is 12.6 Å². The minimum Gasteiger partial charge on any atom is -0.480 e. The predicted octanol–water partition coefficient (Wildman–Crippen LogP) is -0.748. The van der Waals surface area contributed by atoms with Crippen molar-refractivity contribution in [3.8, 4) is 0 Å². The molecule has 0 aliphatic heterocycles. The van der Waals surface area contributed by atoms with Crippen LogP contribution in [0.15, 0.2) is 47.5 Å². The van der Waals surface area contributed by atoms with Gasteiger partial charge in [0.15, 0.2) is 5.96 Å². The maximum atomic E-state index is 13.2. The van der Waals surface area contributed by atoms with Crippen LogP contribution in [-0.4, -0.2) is 71.2 Å². The topological polar surface area (TPSA) is 215 Å². The van der Waals surface area contributed by atoms with Crippen LogP contribution in [0, 0.1) is 0 Å². The molecule has 0 aliphatic rings. The molecule has 2 aromatic rings. The molecule has 3 amide bonds. The number of fused-ring (bicyclic) bond motifs is 1. The van der Waals surface area contributed by atoms with Gasteiger partial charge < -0.3 is 38.3 Å². The summed E-state index contributed by atoms with van der Waals surface area (Å²) in [5, 5.41) is 18.7. The number of hydrogen-bond acceptors (Lipinski definition) is 7. The van der Waals surface area contributed by atoms with Crippen LogP contribution in [0.4, 0.5) is 0 Å². The van der Waals surface area contributed by atoms with Crippen molar-refractivity contribution >= 4 is 53.1 Å². The highest BCUT2D eigenvalue weighted by molar-refractivity contribution is 7.80. The third-order valence-corrected chi connectivity index (χ3v) is 6.11. The van der Waals surface area contributed by atoms with Crippen molar-refractivity contribution in [3.05, 3.63) is 48.0 Å². The van der Waals surface area contributed by atoms with E-state index in [4.69, 9.17) is 22.3 Å². The van der Waals surface area contributed by atoms with Crippen molar-refractivity contribution in [1.82, 2.24) is 16.0 Å². The van der Waals surface area contributed by atoms with Gasteiger partial charge in [-0.15, -0.1) is 0 Å². The van der Waals surface area contributed by atoms with Gasteiger partial charge in [0.05, 0.1) is 6.04 Å². The highest BCUT2D eigenvalue weighted by Gasteiger charge is 2.28. The van der Waals surface area contributed by atoms with E-state index in [0.29, 0.717) is 13.0 Å². The smallest absolute Gasteiger partial charge is 0.327 e. The number of nitrogens with one attached hydrogen (secondary N) is 3. The Kier molecular flexibility index (Phi) is 11.8. The minimum atomic E-state index is -1.25. The number of benzene rings is 2. The van der Waals surface area contributed by atoms with E-state index in [1.807, 2.05) is 42.5 Å². The third kappa shape index (κ3) is 9.56. The van der Waals surface area contributed by atoms with Gasteiger partial charge >= 0.3 is 5.97 Å². The standard InChI is InChI=1S/C25H35N7O5S/c1-14(21(33)32-20(13-38)24(36)37)30-23(35)19(31-22(34)18(26)7-4-10-29-25(27)28)12-15-8-9-16-5-2-3-6-17(16)11-15/h2-3,5-6,8-9,11,14,18-20,38H,4,7,10,12-13,26H2,1H3,(H,30,35)(H,31,34)(H,32,33)(H,36,37)(H4,27,28,29)/t14-,18-,19+,20-/m1/s1. The fraction of sp³-hybridized carbons (Fsp3) is 0.400. The molecule has 2 rings (SSSR count). The summed E-state index contributed by atoms with van der Waals surface area (Å²) in [6.07, 6.45) is 0.874. The van der Waals surface area contributed by atoms with Gasteiger partial charge in [-0.05, 0) is 36.1 Å². The largest absolute Gasteiger partial charge is 0.480 e. The number of nitrogens with two attached hydrogens (primary N) is 3. The molecule has 0 radical (unpaired) electrons. The molecule has 0 saturated carbocycles. The molecule has 0 fully saturated rings. The first-order chi connectivity index (χ1) is 18.0. The van der Waals surface area contributed by atoms with Gasteiger partial charge in [-0.1, -0.05) is 42.5 Å². The van der Waals surface area contributed by atoms with Crippen LogP contribution in [0.5, 0.6) is 0 Å². The highest BCUT2D eigenvalue weighted by atomic mass is 32.1. The van der Waals surface area contributed by atoms with Gasteiger partial charge in [-0.2, -0.15) is 12.6 Å². The Bertz CT molecular complexity index is 1170. The summed E-state index contributed by atoms with van der Waals surface area (Å²) < 4.78 is 0. The van der Waals surface area contributed by atoms with E-state index < -0.39 is 47.9 Å². The molecule has 38 heavy (non-hydrogen) atoms. The second-order valence-electron chi connectivity index (χ2n) is 8.81. The Labute approximate surface area is 226 Å². The predicted molar refractivity (Wildman–Crippen MR) is 148 cm³/mol. The average molecular weight is 546 g/mol. The zero-order valence-corrected chi connectivity index (χ0v) is 22.0. The second kappa shape index (κ2) is 14.8. The first-order valence-electron chi connectivity index (χ1n) is 12.0. The zero-order valence-electron chi connectivity index (χ0n) is 21.1. The van der Waals surface area contributed by atoms with Crippen molar-refractivity contribution in [2.24, 2.45) is 22.2 Å². The molecule has 0 aromatic heterocycles. The first-order valence-corrected chi connectivity index (χ1v) is 12.7. The number of amides is 3. The second-order valence-corrected chi connectivity index (χ2v) is 9.18. The summed E-state index contributed by atoms with van der Waals surface area (Å²) >= 11 is 3.92. The number of guanidine groups is 1. The van der Waals surface area contributed by atoms with Gasteiger partial charge in [-0.3, -0.25) is 19.4 Å². The Morgan fingerprint density at radius 1 is 0.947 bits per heavy atom. The maximum Gasteiger partial charge on any atom is 0.327 e. The molecule has 10 N–H and O–H groups in total. The van der Waals surface area contributed by atoms with E-state index in [1.165, 1.54) is 6.92 Å². The van der Waals surface area contributed by atoms with Crippen LogP contribution in [0.3, 0.4) is 0 Å². The number of carboxylic acid groups (broad SMARTS) is 1. The van der Waals surface area contributed by atoms with Crippen LogP contribution in [0.1, 0.15) is 25.3 Å². The molecule has 0 unspecified atom stereocenters. The van der Waals surface area contributed by atoms with E-state index in [2.05, 4.69) is 33.6 Å². The highest BCUT2D eigenvalue weighted by Crippen LogP contribution is 2.17. The van der Waals surface area contributed by atoms with Gasteiger partial charge in [0.25, 0.3) is 0 Å². The molecular formula is C25H35N7O5S. The number of thiol groups is 1. The molecule has 0 aliphatic carbocycles. The quantitative estimate of drug-likeness (QED) is 0.0652. The van der Waals surface area contributed by atoms with Gasteiger partial charge in [0.2, 0.25) is 17.7 Å². The molecule has 206 valence electrons. The Hall–Kier alpha value is -3.84. The van der Waals surface area contributed by atoms with E-state index in [0.717, 1.165) is 16.3 Å². The van der Waals surface area contributed by atoms with E-state index in [-0.39, 0.29) is 24.6 Å². The lowest BCUT2D eigenvalue weighted by molar-refractivity contribution is -0.141. The number of aliphatic carboxylic acids is 1.